The van der Waals surface area contributed by atoms with Crippen LogP contribution in [0.5, 0.6) is 0 Å². The molecule has 1 fully saturated rings. The first-order valence-corrected chi connectivity index (χ1v) is 8.09. The zero-order chi connectivity index (χ0) is 15.9. The van der Waals surface area contributed by atoms with Crippen molar-refractivity contribution in [2.45, 2.75) is 45.3 Å². The number of nitrogens with zero attached hydrogens (tertiary/aromatic N) is 1. The first-order chi connectivity index (χ1) is 10.6. The number of benzene rings is 1. The van der Waals surface area contributed by atoms with E-state index in [1.165, 1.54) is 18.2 Å². The summed E-state index contributed by atoms with van der Waals surface area (Å²) in [7, 11) is 1.44. The van der Waals surface area contributed by atoms with Gasteiger partial charge in [0.2, 0.25) is 0 Å². The second-order valence-corrected chi connectivity index (χ2v) is 6.06. The van der Waals surface area contributed by atoms with E-state index in [-0.39, 0.29) is 12.1 Å². The molecule has 0 N–H and O–H groups in total. The normalized spacial score (nSPS) is 22.5. The third kappa shape index (κ3) is 4.55. The van der Waals surface area contributed by atoms with E-state index < -0.39 is 0 Å². The van der Waals surface area contributed by atoms with Crippen LogP contribution >= 0.6 is 0 Å². The van der Waals surface area contributed by atoms with Gasteiger partial charge in [0.25, 0.3) is 0 Å². The Labute approximate surface area is 133 Å². The molecule has 0 saturated carbocycles. The van der Waals surface area contributed by atoms with E-state index in [0.29, 0.717) is 12.5 Å². The number of ether oxygens (including phenoxy) is 2. The second kappa shape index (κ2) is 8.30. The molecule has 1 aliphatic heterocycles. The topological polar surface area (TPSA) is 38.8 Å². The second-order valence-electron chi connectivity index (χ2n) is 6.06. The van der Waals surface area contributed by atoms with Crippen molar-refractivity contribution in [2.75, 3.05) is 26.8 Å². The number of carbonyl (C=O) groups excluding carboxylic acids is 1. The van der Waals surface area contributed by atoms with Gasteiger partial charge in [0.15, 0.2) is 0 Å². The molecular formula is C18H27NO3. The van der Waals surface area contributed by atoms with Gasteiger partial charge in [-0.1, -0.05) is 24.3 Å². The summed E-state index contributed by atoms with van der Waals surface area (Å²) >= 11 is 0. The molecule has 0 spiro atoms. The predicted octanol–water partition coefficient (Wildman–Crippen LogP) is 3.10. The summed E-state index contributed by atoms with van der Waals surface area (Å²) in [6, 6.07) is 8.86. The minimum Gasteiger partial charge on any atom is -0.469 e. The van der Waals surface area contributed by atoms with Crippen LogP contribution in [0.2, 0.25) is 0 Å². The van der Waals surface area contributed by atoms with Crippen LogP contribution in [-0.2, 0) is 14.3 Å². The van der Waals surface area contributed by atoms with Crippen LogP contribution in [0.15, 0.2) is 24.3 Å². The molecule has 1 heterocycles. The van der Waals surface area contributed by atoms with Gasteiger partial charge in [-0.15, -0.1) is 0 Å². The Morgan fingerprint density at radius 2 is 2.14 bits per heavy atom. The number of esters is 1. The van der Waals surface area contributed by atoms with Crippen LogP contribution in [0.4, 0.5) is 0 Å². The van der Waals surface area contributed by atoms with E-state index in [9.17, 15) is 4.79 Å². The summed E-state index contributed by atoms with van der Waals surface area (Å²) in [5.74, 6) is -0.118. The van der Waals surface area contributed by atoms with Crippen LogP contribution in [-0.4, -0.2) is 43.7 Å². The lowest BCUT2D eigenvalue weighted by Crippen LogP contribution is -2.45. The van der Waals surface area contributed by atoms with Crippen molar-refractivity contribution in [1.82, 2.24) is 4.90 Å². The third-order valence-corrected chi connectivity index (χ3v) is 4.40. The quantitative estimate of drug-likeness (QED) is 0.598. The smallest absolute Gasteiger partial charge is 0.305 e. The third-order valence-electron chi connectivity index (χ3n) is 4.40. The highest BCUT2D eigenvalue weighted by Gasteiger charge is 2.27. The largest absolute Gasteiger partial charge is 0.469 e. The van der Waals surface area contributed by atoms with Crippen LogP contribution in [0, 0.1) is 6.92 Å². The summed E-state index contributed by atoms with van der Waals surface area (Å²) in [6.07, 6.45) is 2.56. The minimum absolute atomic E-state index is 0.118. The van der Waals surface area contributed by atoms with Crippen LogP contribution in [0.1, 0.15) is 43.4 Å². The van der Waals surface area contributed by atoms with E-state index in [4.69, 9.17) is 4.74 Å². The summed E-state index contributed by atoms with van der Waals surface area (Å²) in [6.45, 7) is 7.02. The lowest BCUT2D eigenvalue weighted by molar-refractivity contribution is -0.140. The Hall–Kier alpha value is -1.39. The lowest BCUT2D eigenvalue weighted by Gasteiger charge is -2.38. The van der Waals surface area contributed by atoms with Gasteiger partial charge in [-0.25, -0.2) is 0 Å². The molecule has 4 nitrogen and oxygen atoms in total. The molecule has 1 aliphatic rings. The molecule has 0 amide bonds. The van der Waals surface area contributed by atoms with Gasteiger partial charge < -0.3 is 9.47 Å². The van der Waals surface area contributed by atoms with Crippen molar-refractivity contribution in [3.63, 3.8) is 0 Å². The van der Waals surface area contributed by atoms with Gasteiger partial charge >= 0.3 is 5.97 Å². The van der Waals surface area contributed by atoms with Crippen LogP contribution < -0.4 is 0 Å². The van der Waals surface area contributed by atoms with Gasteiger partial charge in [0.1, 0.15) is 0 Å². The Morgan fingerprint density at radius 3 is 2.86 bits per heavy atom. The summed E-state index contributed by atoms with van der Waals surface area (Å²) < 4.78 is 10.7. The molecule has 2 atom stereocenters. The molecule has 0 radical (unpaired) electrons. The average molecular weight is 305 g/mol. The maximum atomic E-state index is 11.1. The van der Waals surface area contributed by atoms with Gasteiger partial charge in [-0.05, 0) is 44.4 Å². The fourth-order valence-electron chi connectivity index (χ4n) is 2.94. The highest BCUT2D eigenvalue weighted by atomic mass is 16.5. The van der Waals surface area contributed by atoms with E-state index in [2.05, 4.69) is 47.7 Å². The van der Waals surface area contributed by atoms with Crippen LogP contribution in [0.3, 0.4) is 0 Å². The maximum absolute atomic E-state index is 11.1. The van der Waals surface area contributed by atoms with Gasteiger partial charge in [-0.2, -0.15) is 0 Å². The number of hydrogen-bond acceptors (Lipinski definition) is 4. The molecule has 1 aromatic carbocycles. The molecule has 1 saturated heterocycles. The Morgan fingerprint density at radius 1 is 1.36 bits per heavy atom. The highest BCUT2D eigenvalue weighted by molar-refractivity contribution is 5.68. The monoisotopic (exact) mass is 305 g/mol. The van der Waals surface area contributed by atoms with Crippen molar-refractivity contribution in [2.24, 2.45) is 0 Å². The zero-order valence-corrected chi connectivity index (χ0v) is 13.9. The highest BCUT2D eigenvalue weighted by Crippen LogP contribution is 2.27. The molecule has 0 unspecified atom stereocenters. The van der Waals surface area contributed by atoms with Gasteiger partial charge in [0, 0.05) is 19.0 Å². The van der Waals surface area contributed by atoms with Crippen molar-refractivity contribution in [3.8, 4) is 0 Å². The molecule has 1 aromatic rings. The fourth-order valence-corrected chi connectivity index (χ4v) is 2.94. The molecule has 2 rings (SSSR count). The number of methoxy groups -OCH3 is 1. The summed E-state index contributed by atoms with van der Waals surface area (Å²) in [5, 5.41) is 0. The molecule has 0 aliphatic carbocycles. The van der Waals surface area contributed by atoms with E-state index in [1.54, 1.807) is 0 Å². The van der Waals surface area contributed by atoms with Crippen molar-refractivity contribution in [1.29, 1.82) is 0 Å². The fraction of sp³-hybridized carbons (Fsp3) is 0.611. The SMILES string of the molecule is COC(=O)CCCCN1C[C@H](c2ccccc2C)OC[C@@H]1C. The zero-order valence-electron chi connectivity index (χ0n) is 13.9. The molecular weight excluding hydrogens is 278 g/mol. The number of unbranched alkanes of at least 4 members (excludes halogenated alkanes) is 1. The Balaban J connectivity index is 1.86. The van der Waals surface area contributed by atoms with Crippen LogP contribution in [0.25, 0.3) is 0 Å². The molecule has 0 bridgehead atoms. The number of aryl methyl sites for hydroxylation is 1. The van der Waals surface area contributed by atoms with Gasteiger partial charge in [-0.3, -0.25) is 9.69 Å². The average Bonchev–Trinajstić information content (AvgIpc) is 2.53. The summed E-state index contributed by atoms with van der Waals surface area (Å²) in [5.41, 5.74) is 2.57. The van der Waals surface area contributed by atoms with E-state index in [0.717, 1.165) is 32.5 Å². The van der Waals surface area contributed by atoms with Crippen molar-refractivity contribution in [3.05, 3.63) is 35.4 Å². The minimum atomic E-state index is -0.118. The summed E-state index contributed by atoms with van der Waals surface area (Å²) in [4.78, 5) is 13.6. The molecule has 4 heteroatoms. The number of morpholine rings is 1. The van der Waals surface area contributed by atoms with E-state index in [1.807, 2.05) is 0 Å². The first kappa shape index (κ1) is 17.0. The van der Waals surface area contributed by atoms with E-state index >= 15 is 0 Å². The Kier molecular flexibility index (Phi) is 6.40. The number of hydrogen-bond donors (Lipinski definition) is 0. The Bertz CT molecular complexity index is 489. The maximum Gasteiger partial charge on any atom is 0.305 e. The standard InChI is InChI=1S/C18H27NO3/c1-14-8-4-5-9-16(14)17-12-19(15(2)13-22-17)11-7-6-10-18(20)21-3/h4-5,8-9,15,17H,6-7,10-13H2,1-3H3/t15-,17+/m0/s1. The van der Waals surface area contributed by atoms with Gasteiger partial charge in [0.05, 0.1) is 19.8 Å². The number of carbonyl (C=O) groups is 1. The van der Waals surface area contributed by atoms with Crippen molar-refractivity contribution >= 4 is 5.97 Å². The van der Waals surface area contributed by atoms with Crippen molar-refractivity contribution < 1.29 is 14.3 Å². The molecule has 22 heavy (non-hydrogen) atoms. The first-order valence-electron chi connectivity index (χ1n) is 8.09. The molecule has 0 aromatic heterocycles. The lowest BCUT2D eigenvalue weighted by atomic mass is 10.0. The predicted molar refractivity (Wildman–Crippen MR) is 86.8 cm³/mol. The number of rotatable bonds is 6. The molecule has 122 valence electrons.